The maximum atomic E-state index is 12.7. The van der Waals surface area contributed by atoms with Crippen molar-refractivity contribution in [2.45, 2.75) is 26.4 Å². The number of aromatic nitrogens is 2. The highest BCUT2D eigenvalue weighted by molar-refractivity contribution is 7.13. The summed E-state index contributed by atoms with van der Waals surface area (Å²) in [5, 5.41) is 5.60. The molecule has 0 bridgehead atoms. The molecule has 154 valence electrons. The average molecular weight is 423 g/mol. The summed E-state index contributed by atoms with van der Waals surface area (Å²) in [5.41, 5.74) is 3.02. The van der Waals surface area contributed by atoms with Gasteiger partial charge in [0.25, 0.3) is 5.91 Å². The van der Waals surface area contributed by atoms with Crippen molar-refractivity contribution >= 4 is 28.8 Å². The monoisotopic (exact) mass is 422 g/mol. The normalized spacial score (nSPS) is 15.5. The van der Waals surface area contributed by atoms with Gasteiger partial charge in [0.15, 0.2) is 6.10 Å². The second-order valence-electron chi connectivity index (χ2n) is 6.97. The average Bonchev–Trinajstić information content (AvgIpc) is 3.26. The Bertz CT molecular complexity index is 1070. The van der Waals surface area contributed by atoms with Gasteiger partial charge in [-0.25, -0.2) is 4.98 Å². The van der Waals surface area contributed by atoms with Gasteiger partial charge >= 0.3 is 0 Å². The van der Waals surface area contributed by atoms with E-state index < -0.39 is 6.10 Å². The van der Waals surface area contributed by atoms with Crippen molar-refractivity contribution in [3.8, 4) is 27.7 Å². The molecule has 0 fully saturated rings. The Morgan fingerprint density at radius 2 is 2.13 bits per heavy atom. The molecule has 8 heteroatoms. The molecule has 3 heterocycles. The molecular formula is C22H22N4O3S. The van der Waals surface area contributed by atoms with Crippen LogP contribution in [-0.4, -0.2) is 41.0 Å². The van der Waals surface area contributed by atoms with Crippen LogP contribution in [0.5, 0.6) is 5.75 Å². The number of nitrogens with zero attached hydrogens (tertiary/aromatic N) is 3. The molecule has 1 aromatic carbocycles. The van der Waals surface area contributed by atoms with E-state index in [1.54, 1.807) is 13.1 Å². The summed E-state index contributed by atoms with van der Waals surface area (Å²) < 4.78 is 5.75. The van der Waals surface area contributed by atoms with E-state index in [2.05, 4.69) is 10.3 Å². The van der Waals surface area contributed by atoms with Gasteiger partial charge in [-0.3, -0.25) is 19.5 Å². The number of hydrogen-bond acceptors (Lipinski definition) is 6. The van der Waals surface area contributed by atoms with Gasteiger partial charge in [-0.1, -0.05) is 13.0 Å². The topological polar surface area (TPSA) is 84.4 Å². The van der Waals surface area contributed by atoms with Gasteiger partial charge in [-0.15, -0.1) is 11.3 Å². The van der Waals surface area contributed by atoms with E-state index >= 15 is 0 Å². The molecule has 1 aliphatic heterocycles. The fourth-order valence-corrected chi connectivity index (χ4v) is 4.01. The second-order valence-corrected chi connectivity index (χ2v) is 7.83. The van der Waals surface area contributed by atoms with E-state index in [1.165, 1.54) is 16.2 Å². The van der Waals surface area contributed by atoms with E-state index in [9.17, 15) is 9.59 Å². The predicted molar refractivity (Wildman–Crippen MR) is 117 cm³/mol. The molecule has 0 radical (unpaired) electrons. The third-order valence-electron chi connectivity index (χ3n) is 4.73. The SMILES string of the molecule is CCCNC(=O)CN1C(=O)C(C)Oc2ccc(-c3csc(-c4ccccn4)n3)cc21. The molecule has 0 saturated carbocycles. The number of carbonyl (C=O) groups is 2. The third-order valence-corrected chi connectivity index (χ3v) is 5.59. The van der Waals surface area contributed by atoms with Gasteiger partial charge < -0.3 is 10.1 Å². The standard InChI is InChI=1S/C22H22N4O3S/c1-3-9-24-20(27)12-26-18-11-15(7-8-19(18)29-14(2)22(26)28)17-13-30-21(25-17)16-6-4-5-10-23-16/h4-8,10-11,13-14H,3,9,12H2,1-2H3,(H,24,27). The summed E-state index contributed by atoms with van der Waals surface area (Å²) in [5.74, 6) is 0.148. The highest BCUT2D eigenvalue weighted by atomic mass is 32.1. The number of thiazole rings is 1. The molecule has 1 unspecified atom stereocenters. The minimum atomic E-state index is -0.641. The van der Waals surface area contributed by atoms with Gasteiger partial charge in [0.2, 0.25) is 5.91 Å². The molecule has 2 aromatic heterocycles. The van der Waals surface area contributed by atoms with Crippen LogP contribution < -0.4 is 15.0 Å². The first-order valence-corrected chi connectivity index (χ1v) is 10.7. The number of amides is 2. The molecule has 7 nitrogen and oxygen atoms in total. The summed E-state index contributed by atoms with van der Waals surface area (Å²) in [4.78, 5) is 35.5. The zero-order valence-electron chi connectivity index (χ0n) is 16.8. The summed E-state index contributed by atoms with van der Waals surface area (Å²) in [6.07, 6.45) is 1.93. The van der Waals surface area contributed by atoms with Crippen LogP contribution in [0.2, 0.25) is 0 Å². The number of ether oxygens (including phenoxy) is 1. The molecule has 1 aliphatic rings. The number of carbonyl (C=O) groups excluding carboxylic acids is 2. The minimum absolute atomic E-state index is 0.0424. The maximum absolute atomic E-state index is 12.7. The van der Waals surface area contributed by atoms with Crippen LogP contribution in [0.25, 0.3) is 22.0 Å². The van der Waals surface area contributed by atoms with Gasteiger partial charge in [0.05, 0.1) is 17.1 Å². The zero-order chi connectivity index (χ0) is 21.1. The number of anilines is 1. The number of fused-ring (bicyclic) bond motifs is 1. The summed E-state index contributed by atoms with van der Waals surface area (Å²) in [6, 6.07) is 11.3. The number of nitrogens with one attached hydrogen (secondary N) is 1. The number of rotatable bonds is 6. The lowest BCUT2D eigenvalue weighted by Gasteiger charge is -2.32. The summed E-state index contributed by atoms with van der Waals surface area (Å²) >= 11 is 1.51. The highest BCUT2D eigenvalue weighted by Gasteiger charge is 2.33. The second kappa shape index (κ2) is 8.62. The third kappa shape index (κ3) is 4.04. The smallest absolute Gasteiger partial charge is 0.268 e. The van der Waals surface area contributed by atoms with Gasteiger partial charge in [-0.05, 0) is 43.7 Å². The van der Waals surface area contributed by atoms with E-state index in [4.69, 9.17) is 9.72 Å². The van der Waals surface area contributed by atoms with Crippen LogP contribution in [0.4, 0.5) is 5.69 Å². The van der Waals surface area contributed by atoms with Crippen molar-refractivity contribution < 1.29 is 14.3 Å². The molecule has 0 aliphatic carbocycles. The Hall–Kier alpha value is -3.26. The Balaban J connectivity index is 1.65. The first kappa shape index (κ1) is 20.0. The lowest BCUT2D eigenvalue weighted by Crippen LogP contribution is -2.48. The lowest BCUT2D eigenvalue weighted by atomic mass is 10.1. The molecule has 3 aromatic rings. The van der Waals surface area contributed by atoms with Crippen LogP contribution in [0.15, 0.2) is 48.0 Å². The molecule has 2 amide bonds. The lowest BCUT2D eigenvalue weighted by molar-refractivity contribution is -0.128. The van der Waals surface area contributed by atoms with E-state index in [0.29, 0.717) is 18.0 Å². The predicted octanol–water partition coefficient (Wildman–Crippen LogP) is 3.51. The first-order chi connectivity index (χ1) is 14.6. The van der Waals surface area contributed by atoms with Crippen LogP contribution in [0, 0.1) is 0 Å². The van der Waals surface area contributed by atoms with Crippen LogP contribution in [0.1, 0.15) is 20.3 Å². The fraction of sp³-hybridized carbons (Fsp3) is 0.273. The van der Waals surface area contributed by atoms with Gasteiger partial charge in [0, 0.05) is 23.7 Å². The van der Waals surface area contributed by atoms with Crippen molar-refractivity contribution in [1.82, 2.24) is 15.3 Å². The number of pyridine rings is 1. The largest absolute Gasteiger partial charge is 0.479 e. The molecule has 0 saturated heterocycles. The Morgan fingerprint density at radius 3 is 2.90 bits per heavy atom. The molecule has 0 spiro atoms. The first-order valence-electron chi connectivity index (χ1n) is 9.83. The Kier molecular flexibility index (Phi) is 5.76. The molecular weight excluding hydrogens is 400 g/mol. The Morgan fingerprint density at radius 1 is 1.27 bits per heavy atom. The van der Waals surface area contributed by atoms with Crippen molar-refractivity contribution in [1.29, 1.82) is 0 Å². The van der Waals surface area contributed by atoms with Gasteiger partial charge in [-0.2, -0.15) is 0 Å². The maximum Gasteiger partial charge on any atom is 0.268 e. The van der Waals surface area contributed by atoms with Crippen molar-refractivity contribution in [3.63, 3.8) is 0 Å². The van der Waals surface area contributed by atoms with Crippen molar-refractivity contribution in [2.24, 2.45) is 0 Å². The molecule has 30 heavy (non-hydrogen) atoms. The van der Waals surface area contributed by atoms with Crippen LogP contribution in [0.3, 0.4) is 0 Å². The molecule has 1 atom stereocenters. The minimum Gasteiger partial charge on any atom is -0.479 e. The summed E-state index contributed by atoms with van der Waals surface area (Å²) in [6.45, 7) is 4.21. The van der Waals surface area contributed by atoms with E-state index in [-0.39, 0.29) is 18.4 Å². The zero-order valence-corrected chi connectivity index (χ0v) is 17.6. The number of benzene rings is 1. The van der Waals surface area contributed by atoms with E-state index in [1.807, 2.05) is 48.7 Å². The van der Waals surface area contributed by atoms with Gasteiger partial charge in [0.1, 0.15) is 17.3 Å². The fourth-order valence-electron chi connectivity index (χ4n) is 3.21. The molecule has 1 N–H and O–H groups in total. The number of hydrogen-bond donors (Lipinski definition) is 1. The van der Waals surface area contributed by atoms with Crippen molar-refractivity contribution in [2.75, 3.05) is 18.0 Å². The Labute approximate surface area is 178 Å². The van der Waals surface area contributed by atoms with E-state index in [0.717, 1.165) is 28.4 Å². The van der Waals surface area contributed by atoms with Crippen LogP contribution >= 0.6 is 11.3 Å². The highest BCUT2D eigenvalue weighted by Crippen LogP contribution is 2.38. The van der Waals surface area contributed by atoms with Crippen LogP contribution in [-0.2, 0) is 9.59 Å². The quantitative estimate of drug-likeness (QED) is 0.657. The van der Waals surface area contributed by atoms with Crippen molar-refractivity contribution in [3.05, 3.63) is 48.0 Å². The summed E-state index contributed by atoms with van der Waals surface area (Å²) in [7, 11) is 0. The molecule has 4 rings (SSSR count).